The van der Waals surface area contributed by atoms with E-state index in [1.807, 2.05) is 45.0 Å². The number of nitrogens with zero attached hydrogens (tertiary/aromatic N) is 2. The molecule has 3 N–H and O–H groups in total. The second kappa shape index (κ2) is 10.0. The maximum Gasteiger partial charge on any atom is 0.250 e. The molecule has 0 radical (unpaired) electrons. The van der Waals surface area contributed by atoms with Crippen molar-refractivity contribution < 1.29 is 19.1 Å². The topological polar surface area (TPSA) is 117 Å². The molecule has 0 fully saturated rings. The van der Waals surface area contributed by atoms with Crippen LogP contribution in [0.2, 0.25) is 0 Å². The van der Waals surface area contributed by atoms with E-state index in [1.54, 1.807) is 20.8 Å². The summed E-state index contributed by atoms with van der Waals surface area (Å²) in [5.74, 6) is -0.389. The summed E-state index contributed by atoms with van der Waals surface area (Å²) >= 11 is 1.36. The number of thiazole rings is 1. The number of amides is 2. The van der Waals surface area contributed by atoms with Crippen LogP contribution in [0.25, 0.3) is 22.7 Å². The highest BCUT2D eigenvalue weighted by Gasteiger charge is 2.32. The van der Waals surface area contributed by atoms with Crippen molar-refractivity contribution in [3.63, 3.8) is 0 Å². The maximum absolute atomic E-state index is 13.0. The van der Waals surface area contributed by atoms with Crippen LogP contribution in [0.5, 0.6) is 0 Å². The lowest BCUT2D eigenvalue weighted by molar-refractivity contribution is -0.137. The van der Waals surface area contributed by atoms with Crippen molar-refractivity contribution in [2.75, 3.05) is 5.32 Å². The summed E-state index contributed by atoms with van der Waals surface area (Å²) in [6, 6.07) is 6.71. The van der Waals surface area contributed by atoms with Crippen LogP contribution < -0.4 is 10.6 Å². The largest absolute Gasteiger partial charge is 0.435 e. The molecule has 2 atom stereocenters. The predicted molar refractivity (Wildman–Crippen MR) is 130 cm³/mol. The molecule has 2 amide bonds. The first-order chi connectivity index (χ1) is 15.5. The van der Waals surface area contributed by atoms with E-state index in [-0.39, 0.29) is 11.8 Å². The first kappa shape index (κ1) is 24.9. The lowest BCUT2D eigenvalue weighted by atomic mass is 9.88. The third-order valence-corrected chi connectivity index (χ3v) is 6.45. The van der Waals surface area contributed by atoms with Gasteiger partial charge in [0, 0.05) is 4.88 Å². The van der Waals surface area contributed by atoms with Crippen molar-refractivity contribution in [1.82, 2.24) is 15.3 Å². The zero-order chi connectivity index (χ0) is 24.3. The number of oxazole rings is 1. The van der Waals surface area contributed by atoms with Crippen LogP contribution in [0, 0.1) is 5.41 Å². The van der Waals surface area contributed by atoms with Crippen LogP contribution in [0.3, 0.4) is 0 Å². The highest BCUT2D eigenvalue weighted by molar-refractivity contribution is 7.16. The second-order valence-electron chi connectivity index (χ2n) is 9.48. The minimum absolute atomic E-state index is 0.145. The summed E-state index contributed by atoms with van der Waals surface area (Å²) in [5, 5.41) is 16.2. The maximum atomic E-state index is 13.0. The van der Waals surface area contributed by atoms with Crippen LogP contribution in [0.1, 0.15) is 65.2 Å². The minimum atomic E-state index is -1.22. The molecule has 0 aliphatic rings. The monoisotopic (exact) mass is 472 g/mol. The zero-order valence-corrected chi connectivity index (χ0v) is 20.7. The third-order valence-electron chi connectivity index (χ3n) is 5.18. The molecular formula is C24H32N4O4S. The normalized spacial score (nSPS) is 13.8. The number of fused-ring (bicyclic) bond motifs is 1. The van der Waals surface area contributed by atoms with Gasteiger partial charge in [0.15, 0.2) is 10.7 Å². The average Bonchev–Trinajstić information content (AvgIpc) is 3.36. The van der Waals surface area contributed by atoms with Crippen LogP contribution in [-0.2, 0) is 9.59 Å². The van der Waals surface area contributed by atoms with E-state index >= 15 is 0 Å². The van der Waals surface area contributed by atoms with Crippen LogP contribution >= 0.6 is 11.3 Å². The van der Waals surface area contributed by atoms with E-state index in [9.17, 15) is 14.7 Å². The summed E-state index contributed by atoms with van der Waals surface area (Å²) in [5.41, 5.74) is 1.38. The van der Waals surface area contributed by atoms with Gasteiger partial charge in [-0.05, 0) is 29.9 Å². The molecule has 0 bridgehead atoms. The molecule has 2 aromatic heterocycles. The fraction of sp³-hybridized carbons (Fsp3) is 0.500. The number of rotatable bonds is 8. The summed E-state index contributed by atoms with van der Waals surface area (Å²) in [4.78, 5) is 35.6. The predicted octanol–water partition coefficient (Wildman–Crippen LogP) is 4.71. The number of hydrogen-bond acceptors (Lipinski definition) is 7. The molecule has 2 heterocycles. The molecule has 8 nitrogen and oxygen atoms in total. The quantitative estimate of drug-likeness (QED) is 0.437. The second-order valence-corrected chi connectivity index (χ2v) is 10.5. The van der Waals surface area contributed by atoms with Crippen molar-refractivity contribution in [2.24, 2.45) is 5.41 Å². The van der Waals surface area contributed by atoms with Crippen molar-refractivity contribution in [2.45, 2.75) is 72.4 Å². The molecule has 0 spiro atoms. The first-order valence-electron chi connectivity index (χ1n) is 11.2. The Morgan fingerprint density at radius 1 is 1.15 bits per heavy atom. The van der Waals surface area contributed by atoms with Crippen molar-refractivity contribution in [1.29, 1.82) is 0 Å². The standard InChI is InChI=1S/C24H32N4O4S/c1-7-10-15(25-21(31)19(29)24(4,5)6)20(30)28-23-27-17(18(33-23)13(2)3)22-26-14-11-8-9-12-16(14)32-22/h8-9,11-13,15,19,29H,7,10H2,1-6H3,(H,25,31)(H,27,28,30)/t15-,19+/m0/s1. The average molecular weight is 473 g/mol. The summed E-state index contributed by atoms with van der Waals surface area (Å²) in [6.45, 7) is 11.3. The van der Waals surface area contributed by atoms with Crippen molar-refractivity contribution in [3.05, 3.63) is 29.1 Å². The highest BCUT2D eigenvalue weighted by atomic mass is 32.1. The van der Waals surface area contributed by atoms with E-state index in [4.69, 9.17) is 4.42 Å². The molecule has 178 valence electrons. The van der Waals surface area contributed by atoms with E-state index in [2.05, 4.69) is 20.6 Å². The Bertz CT molecular complexity index is 1100. The fourth-order valence-electron chi connectivity index (χ4n) is 3.30. The van der Waals surface area contributed by atoms with E-state index in [0.717, 1.165) is 10.4 Å². The summed E-state index contributed by atoms with van der Waals surface area (Å²) in [7, 11) is 0. The molecule has 1 aromatic carbocycles. The Morgan fingerprint density at radius 3 is 2.45 bits per heavy atom. The summed E-state index contributed by atoms with van der Waals surface area (Å²) in [6.07, 6.45) is -0.0925. The van der Waals surface area contributed by atoms with E-state index in [1.165, 1.54) is 11.3 Å². The van der Waals surface area contributed by atoms with Crippen LogP contribution in [0.15, 0.2) is 28.7 Å². The van der Waals surface area contributed by atoms with Gasteiger partial charge in [-0.15, -0.1) is 11.3 Å². The fourth-order valence-corrected chi connectivity index (χ4v) is 4.26. The number of aromatic nitrogens is 2. The minimum Gasteiger partial charge on any atom is -0.435 e. The molecule has 0 saturated carbocycles. The van der Waals surface area contributed by atoms with Gasteiger partial charge in [0.25, 0.3) is 0 Å². The Balaban J connectivity index is 1.83. The molecule has 0 aliphatic heterocycles. The van der Waals surface area contributed by atoms with Crippen LogP contribution in [-0.4, -0.2) is 39.0 Å². The smallest absolute Gasteiger partial charge is 0.250 e. The van der Waals surface area contributed by atoms with E-state index in [0.29, 0.717) is 35.1 Å². The summed E-state index contributed by atoms with van der Waals surface area (Å²) < 4.78 is 5.90. The molecule has 0 aliphatic carbocycles. The van der Waals surface area contributed by atoms with Gasteiger partial charge in [-0.2, -0.15) is 0 Å². The molecule has 3 aromatic rings. The van der Waals surface area contributed by atoms with Crippen LogP contribution in [0.4, 0.5) is 5.13 Å². The number of carbonyl (C=O) groups is 2. The molecule has 0 unspecified atom stereocenters. The van der Waals surface area contributed by atoms with Gasteiger partial charge in [0.1, 0.15) is 23.4 Å². The Hall–Kier alpha value is -2.78. The lowest BCUT2D eigenvalue weighted by Crippen LogP contribution is -2.50. The number of para-hydroxylation sites is 2. The Kier molecular flexibility index (Phi) is 7.54. The lowest BCUT2D eigenvalue weighted by Gasteiger charge is -2.26. The third kappa shape index (κ3) is 5.78. The number of carbonyl (C=O) groups excluding carboxylic acids is 2. The van der Waals surface area contributed by atoms with Gasteiger partial charge < -0.3 is 20.2 Å². The van der Waals surface area contributed by atoms with Gasteiger partial charge in [-0.25, -0.2) is 9.97 Å². The number of anilines is 1. The van der Waals surface area contributed by atoms with Gasteiger partial charge in [0.05, 0.1) is 0 Å². The number of aliphatic hydroxyl groups excluding tert-OH is 1. The molecule has 9 heteroatoms. The number of aliphatic hydroxyl groups is 1. The Morgan fingerprint density at radius 2 is 1.85 bits per heavy atom. The van der Waals surface area contributed by atoms with Crippen molar-refractivity contribution in [3.8, 4) is 11.6 Å². The number of hydrogen-bond donors (Lipinski definition) is 3. The molecule has 3 rings (SSSR count). The van der Waals surface area contributed by atoms with Gasteiger partial charge in [0.2, 0.25) is 17.7 Å². The number of nitrogens with one attached hydrogen (secondary N) is 2. The molecule has 33 heavy (non-hydrogen) atoms. The van der Waals surface area contributed by atoms with Gasteiger partial charge in [-0.3, -0.25) is 9.59 Å². The van der Waals surface area contributed by atoms with Gasteiger partial charge >= 0.3 is 0 Å². The molecular weight excluding hydrogens is 440 g/mol. The highest BCUT2D eigenvalue weighted by Crippen LogP contribution is 2.37. The molecule has 0 saturated heterocycles. The van der Waals surface area contributed by atoms with E-state index < -0.39 is 23.5 Å². The number of benzene rings is 1. The Labute approximate surface area is 197 Å². The van der Waals surface area contributed by atoms with Gasteiger partial charge in [-0.1, -0.05) is 60.1 Å². The van der Waals surface area contributed by atoms with Crippen molar-refractivity contribution >= 4 is 39.4 Å². The first-order valence-corrected chi connectivity index (χ1v) is 12.0. The zero-order valence-electron chi connectivity index (χ0n) is 19.9. The SMILES string of the molecule is CCC[C@H](NC(=O)[C@@H](O)C(C)(C)C)C(=O)Nc1nc(-c2nc3ccccc3o2)c(C(C)C)s1.